The SMILES string of the molecule is CN(C(=O)Nc1ccc(Cl)cc1)C1(C(=O)O)CC1CO. The number of amides is 2. The van der Waals surface area contributed by atoms with Crippen LogP contribution in [-0.4, -0.2) is 46.3 Å². The number of halogens is 1. The average molecular weight is 299 g/mol. The van der Waals surface area contributed by atoms with E-state index in [-0.39, 0.29) is 13.0 Å². The Bertz CT molecular complexity index is 534. The van der Waals surface area contributed by atoms with Crippen LogP contribution in [0.25, 0.3) is 0 Å². The van der Waals surface area contributed by atoms with Crippen molar-refractivity contribution in [3.63, 3.8) is 0 Å². The van der Waals surface area contributed by atoms with Gasteiger partial charge in [0.05, 0.1) is 0 Å². The van der Waals surface area contributed by atoms with Gasteiger partial charge in [0.15, 0.2) is 0 Å². The zero-order valence-corrected chi connectivity index (χ0v) is 11.6. The Hall–Kier alpha value is -1.79. The molecule has 0 radical (unpaired) electrons. The lowest BCUT2D eigenvalue weighted by Crippen LogP contribution is -2.48. The summed E-state index contributed by atoms with van der Waals surface area (Å²) in [5.41, 5.74) is -0.793. The first-order valence-electron chi connectivity index (χ1n) is 6.06. The zero-order chi connectivity index (χ0) is 14.9. The number of nitrogens with one attached hydrogen (secondary N) is 1. The highest BCUT2D eigenvalue weighted by Crippen LogP contribution is 2.48. The van der Waals surface area contributed by atoms with Gasteiger partial charge in [-0.05, 0) is 30.7 Å². The molecule has 1 aromatic rings. The molecule has 0 aliphatic heterocycles. The van der Waals surface area contributed by atoms with Crippen LogP contribution in [0.5, 0.6) is 0 Å². The molecule has 2 rings (SSSR count). The molecule has 2 atom stereocenters. The number of urea groups is 1. The molecule has 1 fully saturated rings. The number of nitrogens with zero attached hydrogens (tertiary/aromatic N) is 1. The second kappa shape index (κ2) is 5.30. The largest absolute Gasteiger partial charge is 0.479 e. The molecule has 2 amide bonds. The van der Waals surface area contributed by atoms with E-state index in [1.807, 2.05) is 0 Å². The number of carboxylic acids is 1. The number of carbonyl (C=O) groups excluding carboxylic acids is 1. The lowest BCUT2D eigenvalue weighted by molar-refractivity contribution is -0.144. The summed E-state index contributed by atoms with van der Waals surface area (Å²) in [5, 5.41) is 21.5. The summed E-state index contributed by atoms with van der Waals surface area (Å²) < 4.78 is 0. The lowest BCUT2D eigenvalue weighted by atomic mass is 10.2. The van der Waals surface area contributed by atoms with Gasteiger partial charge in [-0.3, -0.25) is 0 Å². The first-order chi connectivity index (χ1) is 9.41. The molecular formula is C13H15ClN2O4. The fourth-order valence-corrected chi connectivity index (χ4v) is 2.40. The number of aliphatic hydroxyl groups is 1. The predicted octanol–water partition coefficient (Wildman–Crippen LogP) is 1.64. The van der Waals surface area contributed by atoms with Crippen LogP contribution < -0.4 is 5.32 Å². The number of rotatable bonds is 4. The summed E-state index contributed by atoms with van der Waals surface area (Å²) >= 11 is 5.74. The molecular weight excluding hydrogens is 284 g/mol. The number of carbonyl (C=O) groups is 2. The molecule has 3 N–H and O–H groups in total. The van der Waals surface area contributed by atoms with Crippen molar-refractivity contribution in [3.05, 3.63) is 29.3 Å². The maximum Gasteiger partial charge on any atom is 0.330 e. The van der Waals surface area contributed by atoms with Crippen LogP contribution in [0.1, 0.15) is 6.42 Å². The fourth-order valence-electron chi connectivity index (χ4n) is 2.27. The second-order valence-corrected chi connectivity index (χ2v) is 5.25. The molecule has 0 heterocycles. The summed E-state index contributed by atoms with van der Waals surface area (Å²) in [5.74, 6) is -1.54. The van der Waals surface area contributed by atoms with Crippen molar-refractivity contribution in [2.45, 2.75) is 12.0 Å². The molecule has 1 aliphatic carbocycles. The molecule has 1 saturated carbocycles. The molecule has 2 unspecified atom stereocenters. The minimum Gasteiger partial charge on any atom is -0.479 e. The highest BCUT2D eigenvalue weighted by Gasteiger charge is 2.64. The minimum absolute atomic E-state index is 0.253. The van der Waals surface area contributed by atoms with Crippen LogP contribution in [0.3, 0.4) is 0 Å². The van der Waals surface area contributed by atoms with E-state index in [0.717, 1.165) is 4.90 Å². The Balaban J connectivity index is 2.09. The van der Waals surface area contributed by atoms with Gasteiger partial charge in [0.1, 0.15) is 5.54 Å². The van der Waals surface area contributed by atoms with Crippen LogP contribution >= 0.6 is 11.6 Å². The van der Waals surface area contributed by atoms with Crippen molar-refractivity contribution in [1.82, 2.24) is 4.90 Å². The van der Waals surface area contributed by atoms with Crippen LogP contribution in [0.4, 0.5) is 10.5 Å². The highest BCUT2D eigenvalue weighted by molar-refractivity contribution is 6.30. The number of hydrogen-bond acceptors (Lipinski definition) is 3. The Labute approximate surface area is 121 Å². The smallest absolute Gasteiger partial charge is 0.330 e. The van der Waals surface area contributed by atoms with Crippen LogP contribution in [0, 0.1) is 5.92 Å². The third-order valence-corrected chi connectivity index (χ3v) is 3.91. The molecule has 20 heavy (non-hydrogen) atoms. The number of anilines is 1. The zero-order valence-electron chi connectivity index (χ0n) is 10.8. The monoisotopic (exact) mass is 298 g/mol. The van der Waals surface area contributed by atoms with E-state index in [1.54, 1.807) is 24.3 Å². The molecule has 6 nitrogen and oxygen atoms in total. The maximum atomic E-state index is 12.1. The first kappa shape index (κ1) is 14.6. The van der Waals surface area contributed by atoms with E-state index in [4.69, 9.17) is 16.7 Å². The van der Waals surface area contributed by atoms with Gasteiger partial charge in [-0.2, -0.15) is 0 Å². The second-order valence-electron chi connectivity index (χ2n) is 4.81. The first-order valence-corrected chi connectivity index (χ1v) is 6.44. The molecule has 0 bridgehead atoms. The number of likely N-dealkylation sites (N-methyl/N-ethyl adjacent to an activating group) is 1. The summed E-state index contributed by atoms with van der Waals surface area (Å²) in [6.45, 7) is -0.259. The normalized spacial score (nSPS) is 24.1. The van der Waals surface area contributed by atoms with E-state index in [9.17, 15) is 14.7 Å². The third-order valence-electron chi connectivity index (χ3n) is 3.66. The fraction of sp³-hybridized carbons (Fsp3) is 0.385. The van der Waals surface area contributed by atoms with Gasteiger partial charge in [0.2, 0.25) is 0 Å². The van der Waals surface area contributed by atoms with E-state index in [0.29, 0.717) is 10.7 Å². The van der Waals surface area contributed by atoms with Crippen molar-refractivity contribution in [2.75, 3.05) is 19.0 Å². The van der Waals surface area contributed by atoms with Gasteiger partial charge in [-0.15, -0.1) is 0 Å². The maximum absolute atomic E-state index is 12.1. The van der Waals surface area contributed by atoms with E-state index >= 15 is 0 Å². The van der Waals surface area contributed by atoms with Crippen LogP contribution in [0.2, 0.25) is 5.02 Å². The van der Waals surface area contributed by atoms with Crippen molar-refractivity contribution >= 4 is 29.3 Å². The Morgan fingerprint density at radius 2 is 2.05 bits per heavy atom. The lowest BCUT2D eigenvalue weighted by Gasteiger charge is -2.26. The number of aliphatic carboxylic acids is 1. The van der Waals surface area contributed by atoms with Crippen molar-refractivity contribution in [2.24, 2.45) is 5.92 Å². The van der Waals surface area contributed by atoms with Gasteiger partial charge in [0, 0.05) is 30.3 Å². The highest BCUT2D eigenvalue weighted by atomic mass is 35.5. The Kier molecular flexibility index (Phi) is 3.87. The van der Waals surface area contributed by atoms with Gasteiger partial charge >= 0.3 is 12.0 Å². The standard InChI is InChI=1S/C13H15ClN2O4/c1-16(13(11(18)19)6-8(13)7-17)12(20)15-10-4-2-9(14)3-5-10/h2-5,8,17H,6-7H2,1H3,(H,15,20)(H,18,19). The number of carboxylic acid groups (broad SMARTS) is 1. The van der Waals surface area contributed by atoms with Crippen molar-refractivity contribution < 1.29 is 19.8 Å². The van der Waals surface area contributed by atoms with Crippen molar-refractivity contribution in [3.8, 4) is 0 Å². The molecule has 7 heteroatoms. The molecule has 108 valence electrons. The topological polar surface area (TPSA) is 89.9 Å². The summed E-state index contributed by atoms with van der Waals surface area (Å²) in [4.78, 5) is 24.6. The summed E-state index contributed by atoms with van der Waals surface area (Å²) in [6.07, 6.45) is 0.253. The quantitative estimate of drug-likeness (QED) is 0.788. The third kappa shape index (κ3) is 2.44. The molecule has 0 saturated heterocycles. The number of aliphatic hydroxyl groups excluding tert-OH is 1. The van der Waals surface area contributed by atoms with Gasteiger partial charge in [-0.1, -0.05) is 11.6 Å². The molecule has 1 aliphatic rings. The average Bonchev–Trinajstić information content (AvgIpc) is 3.16. The predicted molar refractivity (Wildman–Crippen MR) is 73.8 cm³/mol. The number of hydrogen-bond donors (Lipinski definition) is 3. The minimum atomic E-state index is -1.31. The summed E-state index contributed by atoms with van der Waals surface area (Å²) in [7, 11) is 1.41. The van der Waals surface area contributed by atoms with Gasteiger partial charge < -0.3 is 20.4 Å². The van der Waals surface area contributed by atoms with Crippen molar-refractivity contribution in [1.29, 1.82) is 0 Å². The van der Waals surface area contributed by atoms with Crippen LogP contribution in [-0.2, 0) is 4.79 Å². The van der Waals surface area contributed by atoms with Gasteiger partial charge in [-0.25, -0.2) is 9.59 Å². The Morgan fingerprint density at radius 3 is 2.50 bits per heavy atom. The molecule has 0 spiro atoms. The molecule has 0 aromatic heterocycles. The molecule has 1 aromatic carbocycles. The summed E-state index contributed by atoms with van der Waals surface area (Å²) in [6, 6.07) is 5.96. The van der Waals surface area contributed by atoms with E-state index < -0.39 is 23.5 Å². The van der Waals surface area contributed by atoms with E-state index in [2.05, 4.69) is 5.32 Å². The number of benzene rings is 1. The van der Waals surface area contributed by atoms with Crippen LogP contribution in [0.15, 0.2) is 24.3 Å². The van der Waals surface area contributed by atoms with E-state index in [1.165, 1.54) is 7.05 Å². The Morgan fingerprint density at radius 1 is 1.45 bits per heavy atom. The van der Waals surface area contributed by atoms with Gasteiger partial charge in [0.25, 0.3) is 0 Å².